The van der Waals surface area contributed by atoms with Crippen LogP contribution in [-0.4, -0.2) is 12.1 Å². The summed E-state index contributed by atoms with van der Waals surface area (Å²) >= 11 is 3.11. The Kier molecular flexibility index (Phi) is 3.88. The maximum Gasteiger partial charge on any atom is 0.161 e. The molecule has 0 radical (unpaired) electrons. The van der Waals surface area contributed by atoms with Gasteiger partial charge in [-0.15, -0.1) is 0 Å². The van der Waals surface area contributed by atoms with E-state index in [2.05, 4.69) is 21.2 Å². The Hall–Kier alpha value is -1.12. The highest BCUT2D eigenvalue weighted by Gasteiger charge is 2.33. The predicted molar refractivity (Wildman–Crippen MR) is 72.7 cm³/mol. The van der Waals surface area contributed by atoms with Crippen LogP contribution in [0.5, 0.6) is 0 Å². The van der Waals surface area contributed by atoms with Crippen LogP contribution in [0.15, 0.2) is 16.6 Å². The Bertz CT molecular complexity index is 490. The molecule has 1 saturated carbocycles. The fraction of sp³-hybridized carbons (Fsp3) is 0.462. The van der Waals surface area contributed by atoms with Gasteiger partial charge in [0.05, 0.1) is 15.7 Å². The summed E-state index contributed by atoms with van der Waals surface area (Å²) in [5.41, 5.74) is 6.32. The summed E-state index contributed by atoms with van der Waals surface area (Å²) in [7, 11) is 0. The minimum Gasteiger partial charge on any atom is -0.376 e. The molecule has 3 nitrogen and oxygen atoms in total. The fourth-order valence-electron chi connectivity index (χ4n) is 2.45. The number of nitriles is 1. The van der Waals surface area contributed by atoms with E-state index < -0.39 is 5.82 Å². The van der Waals surface area contributed by atoms with Crippen molar-refractivity contribution in [1.29, 1.82) is 5.26 Å². The molecular weight excluding hydrogens is 297 g/mol. The molecule has 1 aromatic carbocycles. The van der Waals surface area contributed by atoms with Crippen LogP contribution in [0.25, 0.3) is 0 Å². The average molecular weight is 312 g/mol. The monoisotopic (exact) mass is 311 g/mol. The van der Waals surface area contributed by atoms with Crippen LogP contribution in [0.4, 0.5) is 10.1 Å². The number of hydrogen-bond acceptors (Lipinski definition) is 3. The summed E-state index contributed by atoms with van der Waals surface area (Å²) in [5.74, 6) is -0.422. The molecule has 1 aliphatic rings. The Morgan fingerprint density at radius 2 is 2.11 bits per heavy atom. The summed E-state index contributed by atoms with van der Waals surface area (Å²) < 4.78 is 14.3. The third-order valence-electron chi connectivity index (χ3n) is 3.55. The van der Waals surface area contributed by atoms with E-state index >= 15 is 0 Å². The zero-order valence-corrected chi connectivity index (χ0v) is 11.6. The molecule has 0 spiro atoms. The second-order valence-corrected chi connectivity index (χ2v) is 5.51. The maximum absolute atomic E-state index is 14.1. The molecule has 1 fully saturated rings. The van der Waals surface area contributed by atoms with Crippen LogP contribution in [-0.2, 0) is 0 Å². The number of halogens is 2. The molecule has 2 rings (SSSR count). The summed E-state index contributed by atoms with van der Waals surface area (Å²) in [6.45, 7) is 0.490. The van der Waals surface area contributed by atoms with Gasteiger partial charge in [0, 0.05) is 12.1 Å². The van der Waals surface area contributed by atoms with Gasteiger partial charge in [-0.05, 0) is 40.9 Å². The number of rotatable bonds is 3. The Balaban J connectivity index is 2.30. The molecule has 5 heteroatoms. The highest BCUT2D eigenvalue weighted by molar-refractivity contribution is 9.10. The van der Waals surface area contributed by atoms with Crippen LogP contribution in [0.2, 0.25) is 0 Å². The average Bonchev–Trinajstić information content (AvgIpc) is 2.85. The number of anilines is 1. The number of nitrogens with zero attached hydrogens (tertiary/aromatic N) is 1. The minimum atomic E-state index is -0.422. The van der Waals surface area contributed by atoms with Crippen LogP contribution < -0.4 is 11.1 Å². The molecule has 0 bridgehead atoms. The number of hydrogen-bond donors (Lipinski definition) is 2. The molecule has 0 unspecified atom stereocenters. The van der Waals surface area contributed by atoms with Gasteiger partial charge in [0.25, 0.3) is 0 Å². The van der Waals surface area contributed by atoms with E-state index in [4.69, 9.17) is 11.0 Å². The van der Waals surface area contributed by atoms with Crippen LogP contribution in [0.1, 0.15) is 31.2 Å². The first-order valence-electron chi connectivity index (χ1n) is 5.98. The van der Waals surface area contributed by atoms with Crippen molar-refractivity contribution in [2.24, 2.45) is 5.73 Å². The van der Waals surface area contributed by atoms with E-state index in [1.807, 2.05) is 6.07 Å². The lowest BCUT2D eigenvalue weighted by molar-refractivity contribution is 0.487. The van der Waals surface area contributed by atoms with Crippen molar-refractivity contribution in [3.63, 3.8) is 0 Å². The van der Waals surface area contributed by atoms with E-state index in [0.717, 1.165) is 25.7 Å². The standard InChI is InChI=1S/C13H15BrFN3/c14-11-9(7-16)3-4-10(12(11)15)18-13(8-17)5-1-2-6-13/h3-4,18H,1-2,5-6,8,17H2. The van der Waals surface area contributed by atoms with Gasteiger partial charge < -0.3 is 11.1 Å². The summed E-state index contributed by atoms with van der Waals surface area (Å²) in [5, 5.41) is 12.1. The maximum atomic E-state index is 14.1. The van der Waals surface area contributed by atoms with Gasteiger partial charge >= 0.3 is 0 Å². The molecule has 3 N–H and O–H groups in total. The minimum absolute atomic E-state index is 0.200. The summed E-state index contributed by atoms with van der Waals surface area (Å²) in [6, 6.07) is 5.15. The lowest BCUT2D eigenvalue weighted by Gasteiger charge is -2.30. The van der Waals surface area contributed by atoms with E-state index in [1.165, 1.54) is 0 Å². The van der Waals surface area contributed by atoms with Crippen molar-refractivity contribution in [2.75, 3.05) is 11.9 Å². The van der Waals surface area contributed by atoms with Gasteiger partial charge in [-0.1, -0.05) is 12.8 Å². The van der Waals surface area contributed by atoms with Crippen LogP contribution in [0, 0.1) is 17.1 Å². The fourth-order valence-corrected chi connectivity index (χ4v) is 2.88. The SMILES string of the molecule is N#Cc1ccc(NC2(CN)CCCC2)c(F)c1Br. The summed E-state index contributed by atoms with van der Waals surface area (Å²) in [4.78, 5) is 0. The van der Waals surface area contributed by atoms with Crippen molar-refractivity contribution in [3.05, 3.63) is 28.0 Å². The normalized spacial score (nSPS) is 17.4. The van der Waals surface area contributed by atoms with Gasteiger partial charge in [-0.2, -0.15) is 5.26 Å². The van der Waals surface area contributed by atoms with Crippen molar-refractivity contribution in [1.82, 2.24) is 0 Å². The van der Waals surface area contributed by atoms with Gasteiger partial charge in [0.2, 0.25) is 0 Å². The smallest absolute Gasteiger partial charge is 0.161 e. The van der Waals surface area contributed by atoms with Crippen molar-refractivity contribution in [2.45, 2.75) is 31.2 Å². The van der Waals surface area contributed by atoms with Gasteiger partial charge in [-0.25, -0.2) is 4.39 Å². The van der Waals surface area contributed by atoms with Gasteiger partial charge in [0.15, 0.2) is 5.82 Å². The third-order valence-corrected chi connectivity index (χ3v) is 4.33. The molecule has 1 aliphatic carbocycles. The predicted octanol–water partition coefficient (Wildman–Crippen LogP) is 3.14. The highest BCUT2D eigenvalue weighted by atomic mass is 79.9. The molecule has 0 amide bonds. The molecule has 18 heavy (non-hydrogen) atoms. The second kappa shape index (κ2) is 5.25. The zero-order chi connectivity index (χ0) is 13.2. The number of nitrogens with two attached hydrogens (primary N) is 1. The van der Waals surface area contributed by atoms with E-state index in [9.17, 15) is 4.39 Å². The Labute approximate surface area is 114 Å². The molecule has 1 aromatic rings. The molecular formula is C13H15BrFN3. The molecule has 96 valence electrons. The lowest BCUT2D eigenvalue weighted by atomic mass is 9.97. The zero-order valence-electron chi connectivity index (χ0n) is 9.97. The quantitative estimate of drug-likeness (QED) is 0.901. The van der Waals surface area contributed by atoms with Crippen LogP contribution in [0.3, 0.4) is 0 Å². The number of benzene rings is 1. The first-order valence-corrected chi connectivity index (χ1v) is 6.77. The topological polar surface area (TPSA) is 61.8 Å². The van der Waals surface area contributed by atoms with Crippen molar-refractivity contribution >= 4 is 21.6 Å². The third kappa shape index (κ3) is 2.36. The second-order valence-electron chi connectivity index (χ2n) is 4.72. The largest absolute Gasteiger partial charge is 0.376 e. The van der Waals surface area contributed by atoms with E-state index in [1.54, 1.807) is 12.1 Å². The van der Waals surface area contributed by atoms with E-state index in [-0.39, 0.29) is 10.0 Å². The van der Waals surface area contributed by atoms with Crippen molar-refractivity contribution in [3.8, 4) is 6.07 Å². The first kappa shape index (κ1) is 13.3. The summed E-state index contributed by atoms with van der Waals surface area (Å²) in [6.07, 6.45) is 4.15. The van der Waals surface area contributed by atoms with Crippen LogP contribution >= 0.6 is 15.9 Å². The molecule has 0 heterocycles. The lowest BCUT2D eigenvalue weighted by Crippen LogP contribution is -2.43. The Morgan fingerprint density at radius 1 is 1.44 bits per heavy atom. The molecule has 0 aliphatic heterocycles. The van der Waals surface area contributed by atoms with E-state index in [0.29, 0.717) is 17.8 Å². The Morgan fingerprint density at radius 3 is 2.67 bits per heavy atom. The van der Waals surface area contributed by atoms with Crippen molar-refractivity contribution < 1.29 is 4.39 Å². The molecule has 0 atom stereocenters. The highest BCUT2D eigenvalue weighted by Crippen LogP contribution is 2.35. The first-order chi connectivity index (χ1) is 8.62. The molecule has 0 saturated heterocycles. The number of nitrogens with one attached hydrogen (secondary N) is 1. The molecule has 0 aromatic heterocycles. The van der Waals surface area contributed by atoms with Gasteiger partial charge in [0.1, 0.15) is 6.07 Å². The van der Waals surface area contributed by atoms with Gasteiger partial charge in [-0.3, -0.25) is 0 Å².